The Hall–Kier alpha value is -1.60. The van der Waals surface area contributed by atoms with Crippen molar-refractivity contribution in [1.29, 1.82) is 0 Å². The van der Waals surface area contributed by atoms with Crippen molar-refractivity contribution >= 4 is 44.6 Å². The lowest BCUT2D eigenvalue weighted by Gasteiger charge is -2.15. The van der Waals surface area contributed by atoms with Crippen LogP contribution in [0.1, 0.15) is 15.2 Å². The number of thiophene rings is 1. The monoisotopic (exact) mass is 357 g/mol. The molecule has 20 heavy (non-hydrogen) atoms. The third-order valence-electron chi connectivity index (χ3n) is 2.95. The number of anilines is 1. The second kappa shape index (κ2) is 4.75. The van der Waals surface area contributed by atoms with Gasteiger partial charge in [0.15, 0.2) is 0 Å². The summed E-state index contributed by atoms with van der Waals surface area (Å²) in [5.41, 5.74) is -0.754. The molecule has 1 aromatic carbocycles. The third kappa shape index (κ3) is 1.97. The Bertz CT molecular complexity index is 744. The number of nitrogens with zero attached hydrogens (tertiary/aromatic N) is 1. The van der Waals surface area contributed by atoms with Gasteiger partial charge in [-0.05, 0) is 34.1 Å². The summed E-state index contributed by atoms with van der Waals surface area (Å²) in [6.45, 7) is 0.0359. The predicted molar refractivity (Wildman–Crippen MR) is 73.9 cm³/mol. The fourth-order valence-corrected chi connectivity index (χ4v) is 3.53. The SMILES string of the molecule is O=C1C(=O)N(Cc2cc(Br)cs2)c2c(F)ccc(F)c21. The highest BCUT2D eigenvalue weighted by Crippen LogP contribution is 2.35. The predicted octanol–water partition coefficient (Wildman–Crippen LogP) is 3.52. The summed E-state index contributed by atoms with van der Waals surface area (Å²) in [6.07, 6.45) is 0. The van der Waals surface area contributed by atoms with E-state index < -0.39 is 28.9 Å². The van der Waals surface area contributed by atoms with Crippen molar-refractivity contribution in [3.8, 4) is 0 Å². The Morgan fingerprint density at radius 1 is 1.20 bits per heavy atom. The molecule has 2 heterocycles. The molecule has 0 bridgehead atoms. The fraction of sp³-hybridized carbons (Fsp3) is 0.0769. The van der Waals surface area contributed by atoms with E-state index in [1.807, 2.05) is 0 Å². The number of carbonyl (C=O) groups excluding carboxylic acids is 2. The first-order valence-electron chi connectivity index (χ1n) is 5.56. The molecule has 102 valence electrons. The molecular weight excluding hydrogens is 352 g/mol. The molecule has 1 aromatic heterocycles. The lowest BCUT2D eigenvalue weighted by atomic mass is 10.1. The summed E-state index contributed by atoms with van der Waals surface area (Å²) in [5.74, 6) is -3.58. The van der Waals surface area contributed by atoms with Crippen LogP contribution in [0.15, 0.2) is 28.1 Å². The summed E-state index contributed by atoms with van der Waals surface area (Å²) in [4.78, 5) is 25.4. The number of hydrogen-bond acceptors (Lipinski definition) is 3. The molecule has 1 aliphatic heterocycles. The van der Waals surface area contributed by atoms with Gasteiger partial charge in [0.25, 0.3) is 11.7 Å². The van der Waals surface area contributed by atoms with Gasteiger partial charge in [0, 0.05) is 14.7 Å². The molecule has 0 fully saturated rings. The van der Waals surface area contributed by atoms with Crippen LogP contribution in [0.3, 0.4) is 0 Å². The number of amides is 1. The van der Waals surface area contributed by atoms with Gasteiger partial charge >= 0.3 is 0 Å². The second-order valence-electron chi connectivity index (χ2n) is 4.20. The van der Waals surface area contributed by atoms with Crippen molar-refractivity contribution in [3.63, 3.8) is 0 Å². The van der Waals surface area contributed by atoms with Gasteiger partial charge in [-0.25, -0.2) is 8.78 Å². The molecule has 3 nitrogen and oxygen atoms in total. The van der Waals surface area contributed by atoms with Crippen molar-refractivity contribution in [2.45, 2.75) is 6.54 Å². The van der Waals surface area contributed by atoms with Gasteiger partial charge in [0.05, 0.1) is 17.8 Å². The molecule has 2 aromatic rings. The summed E-state index contributed by atoms with van der Waals surface area (Å²) in [6, 6.07) is 3.53. The zero-order chi connectivity index (χ0) is 14.4. The molecular formula is C13H6BrF2NO2S. The molecule has 3 rings (SSSR count). The smallest absolute Gasteiger partial charge is 0.297 e. The normalized spacial score (nSPS) is 14.1. The van der Waals surface area contributed by atoms with E-state index in [2.05, 4.69) is 15.9 Å². The topological polar surface area (TPSA) is 37.4 Å². The summed E-state index contributed by atoms with van der Waals surface area (Å²) >= 11 is 4.63. The van der Waals surface area contributed by atoms with Crippen LogP contribution in [-0.4, -0.2) is 11.7 Å². The molecule has 0 radical (unpaired) electrons. The molecule has 0 unspecified atom stereocenters. The number of ketones is 1. The number of halogens is 3. The van der Waals surface area contributed by atoms with Crippen molar-refractivity contribution in [2.24, 2.45) is 0 Å². The van der Waals surface area contributed by atoms with Crippen LogP contribution in [-0.2, 0) is 11.3 Å². The Kier molecular flexibility index (Phi) is 3.18. The fourth-order valence-electron chi connectivity index (χ4n) is 2.10. The van der Waals surface area contributed by atoms with E-state index in [0.717, 1.165) is 26.4 Å². The van der Waals surface area contributed by atoms with Crippen LogP contribution in [0.2, 0.25) is 0 Å². The number of hydrogen-bond donors (Lipinski definition) is 0. The highest BCUT2D eigenvalue weighted by atomic mass is 79.9. The van der Waals surface area contributed by atoms with Gasteiger partial charge in [-0.15, -0.1) is 11.3 Å². The van der Waals surface area contributed by atoms with Gasteiger partial charge in [0.2, 0.25) is 0 Å². The zero-order valence-electron chi connectivity index (χ0n) is 9.82. The standard InChI is InChI=1S/C13H6BrF2NO2S/c14-6-3-7(20-5-6)4-17-11-9(16)2-1-8(15)10(11)12(18)13(17)19/h1-3,5H,4H2. The molecule has 1 amide bonds. The van der Waals surface area contributed by atoms with Crippen LogP contribution in [0.5, 0.6) is 0 Å². The quantitative estimate of drug-likeness (QED) is 0.771. The average molecular weight is 358 g/mol. The minimum absolute atomic E-state index is 0.0359. The number of carbonyl (C=O) groups is 2. The maximum absolute atomic E-state index is 13.9. The largest absolute Gasteiger partial charge is 0.300 e. The average Bonchev–Trinajstić information content (AvgIpc) is 2.92. The van der Waals surface area contributed by atoms with Crippen LogP contribution < -0.4 is 4.90 Å². The molecule has 0 saturated heterocycles. The van der Waals surface area contributed by atoms with Gasteiger partial charge in [-0.3, -0.25) is 14.5 Å². The van der Waals surface area contributed by atoms with Crippen molar-refractivity contribution < 1.29 is 18.4 Å². The molecule has 0 aliphatic carbocycles. The minimum Gasteiger partial charge on any atom is -0.297 e. The third-order valence-corrected chi connectivity index (χ3v) is 4.63. The van der Waals surface area contributed by atoms with Gasteiger partial charge in [0.1, 0.15) is 11.6 Å². The first kappa shape index (κ1) is 13.4. The number of benzene rings is 1. The highest BCUT2D eigenvalue weighted by molar-refractivity contribution is 9.10. The van der Waals surface area contributed by atoms with Gasteiger partial charge < -0.3 is 0 Å². The summed E-state index contributed by atoms with van der Waals surface area (Å²) < 4.78 is 28.3. The Morgan fingerprint density at radius 2 is 1.90 bits per heavy atom. The number of fused-ring (bicyclic) bond motifs is 1. The lowest BCUT2D eigenvalue weighted by Crippen LogP contribution is -2.29. The molecule has 7 heteroatoms. The molecule has 0 atom stereocenters. The molecule has 1 aliphatic rings. The second-order valence-corrected chi connectivity index (χ2v) is 6.12. The van der Waals surface area contributed by atoms with E-state index in [-0.39, 0.29) is 12.2 Å². The van der Waals surface area contributed by atoms with E-state index in [1.54, 1.807) is 11.4 Å². The number of rotatable bonds is 2. The van der Waals surface area contributed by atoms with Crippen LogP contribution in [0, 0.1) is 11.6 Å². The van der Waals surface area contributed by atoms with Crippen LogP contribution >= 0.6 is 27.3 Å². The van der Waals surface area contributed by atoms with Crippen molar-refractivity contribution in [1.82, 2.24) is 0 Å². The lowest BCUT2D eigenvalue weighted by molar-refractivity contribution is -0.114. The minimum atomic E-state index is -1.01. The van der Waals surface area contributed by atoms with E-state index in [4.69, 9.17) is 0 Å². The first-order chi connectivity index (χ1) is 9.49. The van der Waals surface area contributed by atoms with Gasteiger partial charge in [-0.1, -0.05) is 0 Å². The van der Waals surface area contributed by atoms with Crippen molar-refractivity contribution in [2.75, 3.05) is 4.90 Å². The molecule has 0 spiro atoms. The van der Waals surface area contributed by atoms with E-state index in [9.17, 15) is 18.4 Å². The van der Waals surface area contributed by atoms with Gasteiger partial charge in [-0.2, -0.15) is 0 Å². The van der Waals surface area contributed by atoms with E-state index in [0.29, 0.717) is 0 Å². The van der Waals surface area contributed by atoms with E-state index in [1.165, 1.54) is 11.3 Å². The Balaban J connectivity index is 2.08. The maximum atomic E-state index is 13.9. The Morgan fingerprint density at radius 3 is 2.55 bits per heavy atom. The highest BCUT2D eigenvalue weighted by Gasteiger charge is 2.40. The number of Topliss-reactive ketones (excluding diaryl/α,β-unsaturated/α-hetero) is 1. The van der Waals surface area contributed by atoms with Crippen LogP contribution in [0.25, 0.3) is 0 Å². The first-order valence-corrected chi connectivity index (χ1v) is 7.23. The Labute approximate surface area is 124 Å². The summed E-state index contributed by atoms with van der Waals surface area (Å²) in [7, 11) is 0. The molecule has 0 N–H and O–H groups in total. The summed E-state index contributed by atoms with van der Waals surface area (Å²) in [5, 5.41) is 1.81. The molecule has 0 saturated carbocycles. The zero-order valence-corrected chi connectivity index (χ0v) is 12.2. The van der Waals surface area contributed by atoms with Crippen molar-refractivity contribution in [3.05, 3.63) is 50.1 Å². The van der Waals surface area contributed by atoms with Crippen LogP contribution in [0.4, 0.5) is 14.5 Å². The van der Waals surface area contributed by atoms with E-state index >= 15 is 0 Å². The maximum Gasteiger partial charge on any atom is 0.300 e.